The number of benzene rings is 3. The highest BCUT2D eigenvalue weighted by atomic mass is 35.5. The summed E-state index contributed by atoms with van der Waals surface area (Å²) < 4.78 is 12.6. The van der Waals surface area contributed by atoms with Crippen LogP contribution in [0.25, 0.3) is 11.1 Å². The third-order valence-electron chi connectivity index (χ3n) is 4.73. The SMILES string of the molecule is Clc1ccccc1-c1ccccc1O[C@@H](c1ccccc1)C1CNCCO1. The zero-order chi connectivity index (χ0) is 18.5. The summed E-state index contributed by atoms with van der Waals surface area (Å²) in [5, 5.41) is 4.11. The average molecular weight is 380 g/mol. The second-order valence-electron chi connectivity index (χ2n) is 6.54. The second kappa shape index (κ2) is 8.57. The quantitative estimate of drug-likeness (QED) is 0.667. The van der Waals surface area contributed by atoms with Gasteiger partial charge in [-0.3, -0.25) is 0 Å². The van der Waals surface area contributed by atoms with Crippen molar-refractivity contribution in [2.24, 2.45) is 0 Å². The number of hydrogen-bond acceptors (Lipinski definition) is 3. The van der Waals surface area contributed by atoms with Gasteiger partial charge >= 0.3 is 0 Å². The molecule has 3 aromatic rings. The summed E-state index contributed by atoms with van der Waals surface area (Å²) >= 11 is 6.44. The number of morpholine rings is 1. The van der Waals surface area contributed by atoms with Crippen LogP contribution in [0.1, 0.15) is 11.7 Å². The van der Waals surface area contributed by atoms with Gasteiger partial charge in [-0.15, -0.1) is 0 Å². The normalized spacial score (nSPS) is 18.0. The Bertz CT molecular complexity index is 878. The van der Waals surface area contributed by atoms with Crippen LogP contribution < -0.4 is 10.1 Å². The van der Waals surface area contributed by atoms with Crippen molar-refractivity contribution in [1.82, 2.24) is 5.32 Å². The van der Waals surface area contributed by atoms with Gasteiger partial charge in [-0.1, -0.05) is 78.3 Å². The van der Waals surface area contributed by atoms with Gasteiger partial charge in [0.1, 0.15) is 11.9 Å². The fourth-order valence-corrected chi connectivity index (χ4v) is 3.63. The molecule has 1 fully saturated rings. The van der Waals surface area contributed by atoms with Crippen molar-refractivity contribution in [2.45, 2.75) is 12.2 Å². The van der Waals surface area contributed by atoms with Gasteiger partial charge in [0.2, 0.25) is 0 Å². The Balaban J connectivity index is 1.71. The van der Waals surface area contributed by atoms with E-state index in [1.807, 2.05) is 66.7 Å². The summed E-state index contributed by atoms with van der Waals surface area (Å²) in [6, 6.07) is 26.1. The summed E-state index contributed by atoms with van der Waals surface area (Å²) in [4.78, 5) is 0. The van der Waals surface area contributed by atoms with Crippen molar-refractivity contribution in [3.63, 3.8) is 0 Å². The van der Waals surface area contributed by atoms with Crippen LogP contribution in [-0.4, -0.2) is 25.8 Å². The topological polar surface area (TPSA) is 30.5 Å². The van der Waals surface area contributed by atoms with E-state index >= 15 is 0 Å². The molecule has 4 heteroatoms. The highest BCUT2D eigenvalue weighted by Crippen LogP contribution is 2.37. The number of para-hydroxylation sites is 1. The molecular formula is C23H22ClNO2. The molecule has 4 rings (SSSR count). The molecule has 3 aromatic carbocycles. The molecule has 1 aliphatic rings. The first-order valence-electron chi connectivity index (χ1n) is 9.21. The first-order chi connectivity index (χ1) is 13.3. The summed E-state index contributed by atoms with van der Waals surface area (Å²) in [7, 11) is 0. The number of nitrogens with one attached hydrogen (secondary N) is 1. The maximum absolute atomic E-state index is 6.56. The van der Waals surface area contributed by atoms with Gasteiger partial charge in [-0.05, 0) is 17.7 Å². The molecule has 0 aliphatic carbocycles. The molecule has 1 unspecified atom stereocenters. The van der Waals surface area contributed by atoms with E-state index in [-0.39, 0.29) is 12.2 Å². The molecule has 1 saturated heterocycles. The second-order valence-corrected chi connectivity index (χ2v) is 6.95. The van der Waals surface area contributed by atoms with Crippen LogP contribution in [0.4, 0.5) is 0 Å². The van der Waals surface area contributed by atoms with E-state index in [0.717, 1.165) is 35.5 Å². The van der Waals surface area contributed by atoms with Crippen molar-refractivity contribution in [1.29, 1.82) is 0 Å². The van der Waals surface area contributed by atoms with E-state index < -0.39 is 0 Å². The summed E-state index contributed by atoms with van der Waals surface area (Å²) in [5.41, 5.74) is 3.04. The van der Waals surface area contributed by atoms with Gasteiger partial charge < -0.3 is 14.8 Å². The number of hydrogen-bond donors (Lipinski definition) is 1. The molecule has 0 bridgehead atoms. The van der Waals surface area contributed by atoms with E-state index in [9.17, 15) is 0 Å². The van der Waals surface area contributed by atoms with Crippen LogP contribution >= 0.6 is 11.6 Å². The van der Waals surface area contributed by atoms with Crippen molar-refractivity contribution >= 4 is 11.6 Å². The third kappa shape index (κ3) is 4.16. The fraction of sp³-hybridized carbons (Fsp3) is 0.217. The minimum atomic E-state index is -0.206. The lowest BCUT2D eigenvalue weighted by molar-refractivity contribution is -0.0430. The van der Waals surface area contributed by atoms with Crippen molar-refractivity contribution < 1.29 is 9.47 Å². The van der Waals surface area contributed by atoms with E-state index in [2.05, 4.69) is 17.4 Å². The van der Waals surface area contributed by atoms with Gasteiger partial charge in [-0.2, -0.15) is 0 Å². The van der Waals surface area contributed by atoms with E-state index in [0.29, 0.717) is 11.6 Å². The fourth-order valence-electron chi connectivity index (χ4n) is 3.39. The molecule has 1 N–H and O–H groups in total. The van der Waals surface area contributed by atoms with Crippen LogP contribution in [0.2, 0.25) is 5.02 Å². The zero-order valence-electron chi connectivity index (χ0n) is 15.0. The van der Waals surface area contributed by atoms with Crippen LogP contribution in [0.15, 0.2) is 78.9 Å². The lowest BCUT2D eigenvalue weighted by atomic mass is 10.0. The number of ether oxygens (including phenoxy) is 2. The highest BCUT2D eigenvalue weighted by molar-refractivity contribution is 6.33. The Morgan fingerprint density at radius 3 is 2.33 bits per heavy atom. The molecule has 1 heterocycles. The molecule has 138 valence electrons. The zero-order valence-corrected chi connectivity index (χ0v) is 15.7. The Labute approximate surface area is 164 Å². The maximum atomic E-state index is 6.56. The standard InChI is InChI=1S/C23H22ClNO2/c24-20-12-6-4-10-18(20)19-11-5-7-13-21(19)27-23(17-8-2-1-3-9-17)22-16-25-14-15-26-22/h1-13,22-23,25H,14-16H2/t22?,23-/m0/s1. The monoisotopic (exact) mass is 379 g/mol. The number of halogens is 1. The Morgan fingerprint density at radius 1 is 0.889 bits per heavy atom. The van der Waals surface area contributed by atoms with Gasteiger partial charge in [0.05, 0.1) is 6.61 Å². The Kier molecular flexibility index (Phi) is 5.73. The summed E-state index contributed by atoms with van der Waals surface area (Å²) in [6.45, 7) is 2.31. The Hall–Kier alpha value is -2.33. The van der Waals surface area contributed by atoms with Crippen LogP contribution in [-0.2, 0) is 4.74 Å². The number of rotatable bonds is 5. The smallest absolute Gasteiger partial charge is 0.151 e. The first kappa shape index (κ1) is 18.1. The predicted molar refractivity (Wildman–Crippen MR) is 109 cm³/mol. The summed E-state index contributed by atoms with van der Waals surface area (Å²) in [6.07, 6.45) is -0.261. The molecular weight excluding hydrogens is 358 g/mol. The minimum Gasteiger partial charge on any atom is -0.482 e. The van der Waals surface area contributed by atoms with Crippen LogP contribution in [0, 0.1) is 0 Å². The molecule has 0 aromatic heterocycles. The Morgan fingerprint density at radius 2 is 1.59 bits per heavy atom. The first-order valence-corrected chi connectivity index (χ1v) is 9.58. The molecule has 27 heavy (non-hydrogen) atoms. The van der Waals surface area contributed by atoms with Gasteiger partial charge in [0.15, 0.2) is 6.10 Å². The van der Waals surface area contributed by atoms with Gasteiger partial charge in [0, 0.05) is 29.2 Å². The van der Waals surface area contributed by atoms with Gasteiger partial charge in [0.25, 0.3) is 0 Å². The largest absolute Gasteiger partial charge is 0.482 e. The highest BCUT2D eigenvalue weighted by Gasteiger charge is 2.28. The van der Waals surface area contributed by atoms with Crippen LogP contribution in [0.3, 0.4) is 0 Å². The van der Waals surface area contributed by atoms with Gasteiger partial charge in [-0.25, -0.2) is 0 Å². The summed E-state index contributed by atoms with van der Waals surface area (Å²) in [5.74, 6) is 0.800. The van der Waals surface area contributed by atoms with E-state index in [4.69, 9.17) is 21.1 Å². The molecule has 3 nitrogen and oxygen atoms in total. The maximum Gasteiger partial charge on any atom is 0.151 e. The average Bonchev–Trinajstić information content (AvgIpc) is 2.74. The molecule has 0 amide bonds. The van der Waals surface area contributed by atoms with Crippen molar-refractivity contribution in [2.75, 3.05) is 19.7 Å². The van der Waals surface area contributed by atoms with Crippen molar-refractivity contribution in [3.8, 4) is 16.9 Å². The van der Waals surface area contributed by atoms with Crippen molar-refractivity contribution in [3.05, 3.63) is 89.4 Å². The van der Waals surface area contributed by atoms with Crippen LogP contribution in [0.5, 0.6) is 5.75 Å². The lowest BCUT2D eigenvalue weighted by Gasteiger charge is -2.32. The molecule has 0 saturated carbocycles. The molecule has 2 atom stereocenters. The minimum absolute atomic E-state index is 0.0551. The molecule has 0 spiro atoms. The molecule has 1 aliphatic heterocycles. The molecule has 0 radical (unpaired) electrons. The van der Waals surface area contributed by atoms with E-state index in [1.54, 1.807) is 0 Å². The lowest BCUT2D eigenvalue weighted by Crippen LogP contribution is -2.43. The predicted octanol–water partition coefficient (Wildman–Crippen LogP) is 5.12. The van der Waals surface area contributed by atoms with E-state index in [1.165, 1.54) is 0 Å². The third-order valence-corrected chi connectivity index (χ3v) is 5.06.